The molecule has 3 rings (SSSR count). The van der Waals surface area contributed by atoms with E-state index in [9.17, 15) is 9.59 Å². The molecule has 2 aliphatic rings. The van der Waals surface area contributed by atoms with Gasteiger partial charge in [-0.1, -0.05) is 0 Å². The molecule has 1 aromatic heterocycles. The molecule has 9 heteroatoms. The molecule has 1 aromatic rings. The van der Waals surface area contributed by atoms with E-state index in [-0.39, 0.29) is 28.9 Å². The minimum atomic E-state index is -0.517. The molecule has 3 heterocycles. The van der Waals surface area contributed by atoms with Crippen LogP contribution >= 0.6 is 15.9 Å². The summed E-state index contributed by atoms with van der Waals surface area (Å²) in [6.07, 6.45) is 3.52. The maximum absolute atomic E-state index is 13.4. The number of nitrogens with one attached hydrogen (secondary N) is 2. The molecule has 0 saturated carbocycles. The summed E-state index contributed by atoms with van der Waals surface area (Å²) in [7, 11) is 1.88. The Morgan fingerprint density at radius 3 is 2.42 bits per heavy atom. The van der Waals surface area contributed by atoms with Gasteiger partial charge in [-0.3, -0.25) is 9.59 Å². The van der Waals surface area contributed by atoms with Gasteiger partial charge in [-0.05, 0) is 88.4 Å². The number of pyridine rings is 1. The maximum atomic E-state index is 13.4. The first-order valence-electron chi connectivity index (χ1n) is 11.4. The van der Waals surface area contributed by atoms with Crippen LogP contribution < -0.4 is 5.32 Å². The van der Waals surface area contributed by atoms with Crippen LogP contribution in [0.1, 0.15) is 59.9 Å². The lowest BCUT2D eigenvalue weighted by atomic mass is 9.71. The van der Waals surface area contributed by atoms with Crippen LogP contribution in [-0.4, -0.2) is 70.0 Å². The van der Waals surface area contributed by atoms with Gasteiger partial charge in [0.2, 0.25) is 5.91 Å². The Bertz CT molecular complexity index is 958. The molecule has 1 fully saturated rings. The highest BCUT2D eigenvalue weighted by molar-refractivity contribution is 9.10. The lowest BCUT2D eigenvalue weighted by Crippen LogP contribution is -2.66. The van der Waals surface area contributed by atoms with Crippen LogP contribution in [0.25, 0.3) is 0 Å². The van der Waals surface area contributed by atoms with Crippen molar-refractivity contribution in [1.82, 2.24) is 9.88 Å². The number of rotatable bonds is 2. The number of quaternary nitrogens is 1. The van der Waals surface area contributed by atoms with Crippen LogP contribution in [-0.2, 0) is 20.7 Å². The molecule has 1 unspecified atom stereocenters. The zero-order valence-corrected chi connectivity index (χ0v) is 22.4. The molecule has 1 spiro atoms. The highest BCUT2D eigenvalue weighted by Gasteiger charge is 2.49. The van der Waals surface area contributed by atoms with Crippen molar-refractivity contribution in [3.8, 4) is 0 Å². The topological polar surface area (TPSA) is 95.4 Å². The average molecular weight is 523 g/mol. The Labute approximate surface area is 205 Å². The number of anilines is 1. The van der Waals surface area contributed by atoms with Crippen LogP contribution in [0.2, 0.25) is 0 Å². The summed E-state index contributed by atoms with van der Waals surface area (Å²) in [5, 5.41) is 11.6. The third-order valence-corrected chi connectivity index (χ3v) is 7.47. The van der Waals surface area contributed by atoms with Crippen molar-refractivity contribution in [2.24, 2.45) is 5.41 Å². The van der Waals surface area contributed by atoms with Crippen molar-refractivity contribution in [3.63, 3.8) is 0 Å². The molecular weight excluding hydrogens is 486 g/mol. The summed E-state index contributed by atoms with van der Waals surface area (Å²) in [5.74, 6) is 0.598. The number of hydrogen-bond donors (Lipinski definition) is 2. The van der Waals surface area contributed by atoms with Crippen LogP contribution in [0.3, 0.4) is 0 Å². The number of aromatic nitrogens is 1. The number of ether oxygens (including phenoxy) is 1. The van der Waals surface area contributed by atoms with Gasteiger partial charge in [0, 0.05) is 23.8 Å². The number of piperidine rings is 1. The zero-order valence-electron chi connectivity index (χ0n) is 20.8. The molecule has 2 aliphatic heterocycles. The summed E-state index contributed by atoms with van der Waals surface area (Å²) < 4.78 is 6.84. The lowest BCUT2D eigenvalue weighted by molar-refractivity contribution is -0.873. The standard InChI is InChI=1S/C24H36BrN5O3/c1-22(2,3)30(7,21(26)33-23(4,5)6)15-18(31)29-10-8-24(9-11-29)13-16-12-17(25)14-27-19(16)28-20(24)32/h12,14,26H,8-11,13,15H2,1-7H3/p+1. The molecule has 1 atom stereocenters. The first-order valence-corrected chi connectivity index (χ1v) is 12.2. The number of amidine groups is 1. The number of halogens is 1. The Morgan fingerprint density at radius 2 is 1.88 bits per heavy atom. The van der Waals surface area contributed by atoms with Gasteiger partial charge in [0.1, 0.15) is 11.4 Å². The van der Waals surface area contributed by atoms with Crippen LogP contribution in [0.15, 0.2) is 16.7 Å². The van der Waals surface area contributed by atoms with E-state index in [1.165, 1.54) is 0 Å². The van der Waals surface area contributed by atoms with E-state index in [0.29, 0.717) is 38.2 Å². The summed E-state index contributed by atoms with van der Waals surface area (Å²) in [6, 6.07) is 2.09. The Balaban J connectivity index is 1.72. The van der Waals surface area contributed by atoms with Gasteiger partial charge in [-0.25, -0.2) is 14.9 Å². The van der Waals surface area contributed by atoms with Crippen LogP contribution in [0.5, 0.6) is 0 Å². The van der Waals surface area contributed by atoms with Crippen molar-refractivity contribution in [2.75, 3.05) is 32.0 Å². The molecule has 0 aliphatic carbocycles. The van der Waals surface area contributed by atoms with Crippen LogP contribution in [0.4, 0.5) is 5.82 Å². The number of carbonyl (C=O) groups excluding carboxylic acids is 2. The quantitative estimate of drug-likeness (QED) is 0.349. The normalized spacial score (nSPS) is 20.0. The summed E-state index contributed by atoms with van der Waals surface area (Å²) in [5.41, 5.74) is -0.413. The van der Waals surface area contributed by atoms with Crippen LogP contribution in [0, 0.1) is 10.8 Å². The fraction of sp³-hybridized carbons (Fsp3) is 0.667. The molecular formula is C24H37BrN5O3+. The van der Waals surface area contributed by atoms with E-state index in [4.69, 9.17) is 10.1 Å². The molecule has 8 nitrogen and oxygen atoms in total. The number of hydrogen-bond acceptors (Lipinski definition) is 5. The largest absolute Gasteiger partial charge is 0.431 e. The molecule has 33 heavy (non-hydrogen) atoms. The van der Waals surface area contributed by atoms with Gasteiger partial charge < -0.3 is 15.0 Å². The van der Waals surface area contributed by atoms with Gasteiger partial charge in [-0.2, -0.15) is 0 Å². The Hall–Kier alpha value is -2.00. The van der Waals surface area contributed by atoms with E-state index >= 15 is 0 Å². The second-order valence-electron chi connectivity index (χ2n) is 11.5. The minimum Gasteiger partial charge on any atom is -0.431 e. The minimum absolute atomic E-state index is 0.00686. The van der Waals surface area contributed by atoms with Crippen molar-refractivity contribution in [2.45, 2.75) is 71.9 Å². The number of likely N-dealkylation sites (N-methyl/N-ethyl adjacent to an activating group) is 1. The van der Waals surface area contributed by atoms with Gasteiger partial charge in [-0.15, -0.1) is 0 Å². The average Bonchev–Trinajstić information content (AvgIpc) is 2.67. The van der Waals surface area contributed by atoms with Crippen molar-refractivity contribution in [1.29, 1.82) is 5.41 Å². The predicted octanol–water partition coefficient (Wildman–Crippen LogP) is 3.94. The SMILES string of the molecule is CC(C)(C)OC(=N)[N+](C)(CC(=O)N1CCC2(CC1)Cc1cc(Br)cnc1NC2=O)C(C)(C)C. The summed E-state index contributed by atoms with van der Waals surface area (Å²) >= 11 is 3.46. The second-order valence-corrected chi connectivity index (χ2v) is 12.4. The third kappa shape index (κ3) is 5.24. The van der Waals surface area contributed by atoms with E-state index < -0.39 is 16.6 Å². The molecule has 2 N–H and O–H groups in total. The predicted molar refractivity (Wildman–Crippen MR) is 132 cm³/mol. The highest BCUT2D eigenvalue weighted by atomic mass is 79.9. The van der Waals surface area contributed by atoms with Gasteiger partial charge in [0.25, 0.3) is 5.91 Å². The zero-order chi connectivity index (χ0) is 24.8. The molecule has 0 bridgehead atoms. The van der Waals surface area contributed by atoms with Crippen molar-refractivity contribution < 1.29 is 18.8 Å². The molecule has 1 saturated heterocycles. The number of nitrogens with zero attached hydrogens (tertiary/aromatic N) is 3. The fourth-order valence-electron chi connectivity index (χ4n) is 4.38. The molecule has 2 amide bonds. The van der Waals surface area contributed by atoms with Gasteiger partial charge in [0.05, 0.1) is 18.0 Å². The lowest BCUT2D eigenvalue weighted by Gasteiger charge is -2.46. The van der Waals surface area contributed by atoms with E-state index in [2.05, 4.69) is 26.2 Å². The Kier molecular flexibility index (Phi) is 6.72. The monoisotopic (exact) mass is 522 g/mol. The van der Waals surface area contributed by atoms with E-state index in [1.54, 1.807) is 6.20 Å². The summed E-state index contributed by atoms with van der Waals surface area (Å²) in [4.78, 5) is 32.5. The van der Waals surface area contributed by atoms with E-state index in [0.717, 1.165) is 10.0 Å². The highest BCUT2D eigenvalue weighted by Crippen LogP contribution is 2.41. The van der Waals surface area contributed by atoms with Crippen molar-refractivity contribution >= 4 is 39.6 Å². The van der Waals surface area contributed by atoms with E-state index in [1.807, 2.05) is 59.6 Å². The third-order valence-electron chi connectivity index (χ3n) is 7.03. The van der Waals surface area contributed by atoms with Gasteiger partial charge in [0.15, 0.2) is 6.54 Å². The maximum Gasteiger partial charge on any atom is 0.392 e. The molecule has 182 valence electrons. The molecule has 0 radical (unpaired) electrons. The summed E-state index contributed by atoms with van der Waals surface area (Å²) in [6.45, 7) is 12.9. The first-order chi connectivity index (χ1) is 15.1. The van der Waals surface area contributed by atoms with Crippen molar-refractivity contribution in [3.05, 3.63) is 22.3 Å². The number of fused-ring (bicyclic) bond motifs is 1. The molecule has 0 aromatic carbocycles. The number of carbonyl (C=O) groups is 2. The smallest absolute Gasteiger partial charge is 0.392 e. The Morgan fingerprint density at radius 1 is 1.27 bits per heavy atom. The number of amides is 2. The second kappa shape index (κ2) is 8.65. The van der Waals surface area contributed by atoms with Gasteiger partial charge >= 0.3 is 6.02 Å². The first kappa shape index (κ1) is 25.6. The number of likely N-dealkylation sites (tertiary alicyclic amines) is 1. The fourth-order valence-corrected chi connectivity index (χ4v) is 4.76.